The maximum Gasteiger partial charge on any atom is 0.326 e. The van der Waals surface area contributed by atoms with E-state index in [0.29, 0.717) is 5.56 Å². The van der Waals surface area contributed by atoms with Crippen LogP contribution in [0.4, 0.5) is 10.1 Å². The van der Waals surface area contributed by atoms with Gasteiger partial charge in [0.15, 0.2) is 0 Å². The molecule has 0 unspecified atom stereocenters. The van der Waals surface area contributed by atoms with Crippen LogP contribution in [-0.2, 0) is 4.79 Å². The smallest absolute Gasteiger partial charge is 0.326 e. The van der Waals surface area contributed by atoms with Crippen molar-refractivity contribution in [1.82, 2.24) is 0 Å². The highest BCUT2D eigenvalue weighted by molar-refractivity contribution is 6.31. The normalized spacial score (nSPS) is 11.8. The molecule has 4 nitrogen and oxygen atoms in total. The molecule has 2 aromatic rings. The largest absolute Gasteiger partial charge is 0.480 e. The maximum absolute atomic E-state index is 13.5. The van der Waals surface area contributed by atoms with Crippen molar-refractivity contribution in [1.29, 1.82) is 0 Å². The molecule has 0 aromatic heterocycles. The summed E-state index contributed by atoms with van der Waals surface area (Å²) in [6.45, 7) is 1.35. The summed E-state index contributed by atoms with van der Waals surface area (Å²) in [5, 5.41) is 9.31. The predicted octanol–water partition coefficient (Wildman–Crippen LogP) is 3.60. The average Bonchev–Trinajstić information content (AvgIpc) is 2.47. The summed E-state index contributed by atoms with van der Waals surface area (Å²) in [5.74, 6) is -2.40. The number of carboxylic acid groups (broad SMARTS) is 1. The number of hydrogen-bond donors (Lipinski definition) is 1. The molecule has 0 heterocycles. The molecule has 0 spiro atoms. The lowest BCUT2D eigenvalue weighted by atomic mass is 10.1. The Kier molecular flexibility index (Phi) is 4.78. The quantitative estimate of drug-likeness (QED) is 0.936. The molecule has 22 heavy (non-hydrogen) atoms. The fourth-order valence-corrected chi connectivity index (χ4v) is 2.24. The first-order valence-electron chi connectivity index (χ1n) is 6.47. The first-order valence-corrected chi connectivity index (χ1v) is 6.85. The minimum Gasteiger partial charge on any atom is -0.480 e. The van der Waals surface area contributed by atoms with Crippen molar-refractivity contribution in [2.45, 2.75) is 13.0 Å². The molecule has 6 heteroatoms. The Morgan fingerprint density at radius 2 is 1.82 bits per heavy atom. The zero-order valence-corrected chi connectivity index (χ0v) is 12.4. The van der Waals surface area contributed by atoms with Crippen LogP contribution in [0.25, 0.3) is 0 Å². The van der Waals surface area contributed by atoms with Crippen LogP contribution in [0.3, 0.4) is 0 Å². The summed E-state index contributed by atoms with van der Waals surface area (Å²) in [6, 6.07) is 10.5. The summed E-state index contributed by atoms with van der Waals surface area (Å²) < 4.78 is 13.5. The van der Waals surface area contributed by atoms with Gasteiger partial charge in [-0.2, -0.15) is 0 Å². The minimum absolute atomic E-state index is 0.0819. The van der Waals surface area contributed by atoms with E-state index in [9.17, 15) is 19.1 Å². The SMILES string of the molecule is C[C@@H](C(=O)O)N(C(=O)c1ccccc1)c1cc(F)cc(Cl)c1. The molecule has 1 amide bonds. The first kappa shape index (κ1) is 16.0. The number of aliphatic carboxylic acids is 1. The lowest BCUT2D eigenvalue weighted by Gasteiger charge is -2.27. The second-order valence-corrected chi connectivity index (χ2v) is 5.12. The van der Waals surface area contributed by atoms with Crippen molar-refractivity contribution >= 4 is 29.2 Å². The fourth-order valence-electron chi connectivity index (χ4n) is 2.03. The molecule has 0 saturated carbocycles. The molecular formula is C16H13ClFNO3. The van der Waals surface area contributed by atoms with Gasteiger partial charge >= 0.3 is 5.97 Å². The summed E-state index contributed by atoms with van der Waals surface area (Å²) >= 11 is 5.80. The highest BCUT2D eigenvalue weighted by atomic mass is 35.5. The van der Waals surface area contributed by atoms with Gasteiger partial charge in [0.05, 0.1) is 0 Å². The van der Waals surface area contributed by atoms with E-state index in [-0.39, 0.29) is 10.7 Å². The van der Waals surface area contributed by atoms with Gasteiger partial charge in [-0.1, -0.05) is 29.8 Å². The van der Waals surface area contributed by atoms with Gasteiger partial charge in [-0.05, 0) is 37.3 Å². The van der Waals surface area contributed by atoms with E-state index in [0.717, 1.165) is 17.0 Å². The number of nitrogens with zero attached hydrogens (tertiary/aromatic N) is 1. The summed E-state index contributed by atoms with van der Waals surface area (Å²) in [7, 11) is 0. The van der Waals surface area contributed by atoms with Crippen LogP contribution in [0.5, 0.6) is 0 Å². The van der Waals surface area contributed by atoms with Crippen LogP contribution in [-0.4, -0.2) is 23.0 Å². The number of halogens is 2. The van der Waals surface area contributed by atoms with E-state index in [1.54, 1.807) is 30.3 Å². The summed E-state index contributed by atoms with van der Waals surface area (Å²) in [4.78, 5) is 24.9. The molecule has 0 saturated heterocycles. The van der Waals surface area contributed by atoms with Gasteiger partial charge in [0.2, 0.25) is 0 Å². The van der Waals surface area contributed by atoms with E-state index in [2.05, 4.69) is 0 Å². The number of anilines is 1. The zero-order valence-electron chi connectivity index (χ0n) is 11.7. The van der Waals surface area contributed by atoms with Gasteiger partial charge in [0.25, 0.3) is 5.91 Å². The molecule has 0 aliphatic carbocycles. The van der Waals surface area contributed by atoms with Crippen LogP contribution >= 0.6 is 11.6 Å². The second kappa shape index (κ2) is 6.58. The zero-order chi connectivity index (χ0) is 16.3. The Morgan fingerprint density at radius 1 is 1.18 bits per heavy atom. The molecule has 0 aliphatic rings. The van der Waals surface area contributed by atoms with Crippen LogP contribution in [0.2, 0.25) is 5.02 Å². The van der Waals surface area contributed by atoms with E-state index < -0.39 is 23.7 Å². The van der Waals surface area contributed by atoms with Crippen molar-refractivity contribution < 1.29 is 19.1 Å². The number of carbonyl (C=O) groups excluding carboxylic acids is 1. The molecule has 2 rings (SSSR count). The van der Waals surface area contributed by atoms with Crippen LogP contribution in [0.1, 0.15) is 17.3 Å². The monoisotopic (exact) mass is 321 g/mol. The van der Waals surface area contributed by atoms with E-state index in [1.807, 2.05) is 0 Å². The van der Waals surface area contributed by atoms with Gasteiger partial charge in [-0.15, -0.1) is 0 Å². The molecule has 114 valence electrons. The Morgan fingerprint density at radius 3 is 2.36 bits per heavy atom. The first-order chi connectivity index (χ1) is 10.4. The number of benzene rings is 2. The third-order valence-corrected chi connectivity index (χ3v) is 3.33. The number of amides is 1. The van der Waals surface area contributed by atoms with Gasteiger partial charge in [0.1, 0.15) is 11.9 Å². The Balaban J connectivity index is 2.52. The van der Waals surface area contributed by atoms with Crippen molar-refractivity contribution in [3.63, 3.8) is 0 Å². The van der Waals surface area contributed by atoms with E-state index in [4.69, 9.17) is 11.6 Å². The highest BCUT2D eigenvalue weighted by Crippen LogP contribution is 2.25. The Labute approximate surface area is 131 Å². The summed E-state index contributed by atoms with van der Waals surface area (Å²) in [6.07, 6.45) is 0. The lowest BCUT2D eigenvalue weighted by Crippen LogP contribution is -2.43. The molecule has 1 N–H and O–H groups in total. The van der Waals surface area contributed by atoms with Crippen molar-refractivity contribution in [3.8, 4) is 0 Å². The van der Waals surface area contributed by atoms with Gasteiger partial charge in [0, 0.05) is 16.3 Å². The number of hydrogen-bond acceptors (Lipinski definition) is 2. The van der Waals surface area contributed by atoms with Crippen LogP contribution in [0, 0.1) is 5.82 Å². The maximum atomic E-state index is 13.5. The van der Waals surface area contributed by atoms with Crippen LogP contribution in [0.15, 0.2) is 48.5 Å². The number of carbonyl (C=O) groups is 2. The van der Waals surface area contributed by atoms with Gasteiger partial charge in [-0.3, -0.25) is 9.69 Å². The number of rotatable bonds is 4. The van der Waals surface area contributed by atoms with Crippen molar-refractivity contribution in [2.75, 3.05) is 4.90 Å². The average molecular weight is 322 g/mol. The third kappa shape index (κ3) is 3.43. The van der Waals surface area contributed by atoms with Gasteiger partial charge < -0.3 is 5.11 Å². The molecule has 0 bridgehead atoms. The highest BCUT2D eigenvalue weighted by Gasteiger charge is 2.28. The van der Waals surface area contributed by atoms with E-state index in [1.165, 1.54) is 13.0 Å². The molecule has 0 aliphatic heterocycles. The minimum atomic E-state index is -1.20. The third-order valence-electron chi connectivity index (χ3n) is 3.11. The molecule has 1 atom stereocenters. The molecular weight excluding hydrogens is 309 g/mol. The predicted molar refractivity (Wildman–Crippen MR) is 81.8 cm³/mol. The standard InChI is InChI=1S/C16H13ClFNO3/c1-10(16(21)22)19(14-8-12(17)7-13(18)9-14)15(20)11-5-3-2-4-6-11/h2-10H,1H3,(H,21,22)/t10-/m0/s1. The Bertz CT molecular complexity index is 686. The topological polar surface area (TPSA) is 57.6 Å². The lowest BCUT2D eigenvalue weighted by molar-refractivity contribution is -0.138. The number of carboxylic acids is 1. The van der Waals surface area contributed by atoms with Crippen LogP contribution < -0.4 is 4.90 Å². The molecule has 0 radical (unpaired) electrons. The second-order valence-electron chi connectivity index (χ2n) is 4.68. The van der Waals surface area contributed by atoms with E-state index >= 15 is 0 Å². The van der Waals surface area contributed by atoms with Crippen molar-refractivity contribution in [3.05, 3.63) is 64.9 Å². The fraction of sp³-hybridized carbons (Fsp3) is 0.125. The van der Waals surface area contributed by atoms with Crippen molar-refractivity contribution in [2.24, 2.45) is 0 Å². The molecule has 2 aromatic carbocycles. The Hall–Kier alpha value is -2.40. The summed E-state index contributed by atoms with van der Waals surface area (Å²) in [5.41, 5.74) is 0.393. The molecule has 0 fully saturated rings. The van der Waals surface area contributed by atoms with Gasteiger partial charge in [-0.25, -0.2) is 9.18 Å².